The molecule has 2 aliphatic rings. The topological polar surface area (TPSA) is 59.7 Å². The van der Waals surface area contributed by atoms with E-state index >= 15 is 0 Å². The second kappa shape index (κ2) is 13.6. The Bertz CT molecular complexity index is 1880. The summed E-state index contributed by atoms with van der Waals surface area (Å²) in [6.45, 7) is 1.93. The van der Waals surface area contributed by atoms with Gasteiger partial charge in [-0.3, -0.25) is 4.79 Å². The molecule has 230 valence electrons. The lowest BCUT2D eigenvalue weighted by Gasteiger charge is -2.32. The van der Waals surface area contributed by atoms with Crippen molar-refractivity contribution in [1.82, 2.24) is 14.7 Å². The molecule has 1 amide bonds. The van der Waals surface area contributed by atoms with Crippen LogP contribution in [-0.4, -0.2) is 38.8 Å². The summed E-state index contributed by atoms with van der Waals surface area (Å²) in [5.41, 5.74) is 5.22. The average molecular weight is 629 g/mol. The highest BCUT2D eigenvalue weighted by molar-refractivity contribution is 8.18. The molecule has 46 heavy (non-hydrogen) atoms. The number of hydrogen-bond donors (Lipinski definition) is 0. The molecule has 0 unspecified atom stereocenters. The number of rotatable bonds is 8. The number of benzene rings is 4. The lowest BCUT2D eigenvalue weighted by molar-refractivity contribution is -0.113. The molecule has 0 saturated carbocycles. The van der Waals surface area contributed by atoms with Gasteiger partial charge in [-0.1, -0.05) is 66.7 Å². The number of piperidine rings is 1. The fourth-order valence-corrected chi connectivity index (χ4v) is 6.82. The number of amides is 1. The Morgan fingerprint density at radius 1 is 0.870 bits per heavy atom. The van der Waals surface area contributed by atoms with Gasteiger partial charge in [0.1, 0.15) is 18.2 Å². The van der Waals surface area contributed by atoms with E-state index in [9.17, 15) is 9.18 Å². The average Bonchev–Trinajstić information content (AvgIpc) is 3.69. The number of aliphatic imine (C=N–C) groups is 1. The molecule has 0 bridgehead atoms. The van der Waals surface area contributed by atoms with Gasteiger partial charge in [0.15, 0.2) is 5.17 Å². The fourth-order valence-electron chi connectivity index (χ4n) is 5.87. The molecule has 1 saturated heterocycles. The number of carbonyl (C=O) groups excluding carboxylic acids is 1. The number of ether oxygens (including phenoxy) is 1. The number of halogens is 1. The van der Waals surface area contributed by atoms with Gasteiger partial charge in [0.2, 0.25) is 0 Å². The molecular weight excluding hydrogens is 596 g/mol. The summed E-state index contributed by atoms with van der Waals surface area (Å²) in [4.78, 5) is 20.4. The number of hydrogen-bond acceptors (Lipinski definition) is 5. The predicted octanol–water partition coefficient (Wildman–Crippen LogP) is 8.18. The van der Waals surface area contributed by atoms with Crippen LogP contribution in [0.25, 0.3) is 23.0 Å². The number of likely N-dealkylation sites (tertiary alicyclic amines) is 1. The van der Waals surface area contributed by atoms with Gasteiger partial charge in [-0.2, -0.15) is 10.1 Å². The van der Waals surface area contributed by atoms with E-state index in [2.05, 4.69) is 40.2 Å². The first-order chi connectivity index (χ1) is 22.6. The molecule has 0 aliphatic carbocycles. The van der Waals surface area contributed by atoms with Crippen molar-refractivity contribution < 1.29 is 13.9 Å². The van der Waals surface area contributed by atoms with E-state index in [-0.39, 0.29) is 18.3 Å². The second-order valence-corrected chi connectivity index (χ2v) is 12.6. The van der Waals surface area contributed by atoms with Crippen molar-refractivity contribution in [3.05, 3.63) is 143 Å². The molecule has 3 heterocycles. The lowest BCUT2D eigenvalue weighted by atomic mass is 9.90. The number of thioether (sulfide) groups is 1. The zero-order valence-corrected chi connectivity index (χ0v) is 26.1. The van der Waals surface area contributed by atoms with E-state index in [1.165, 1.54) is 23.4 Å². The summed E-state index contributed by atoms with van der Waals surface area (Å²) in [5, 5.41) is 5.70. The van der Waals surface area contributed by atoms with Crippen molar-refractivity contribution in [1.29, 1.82) is 0 Å². The molecule has 2 aliphatic heterocycles. The molecule has 7 rings (SSSR count). The highest BCUT2D eigenvalue weighted by atomic mass is 32.2. The molecule has 8 heteroatoms. The van der Waals surface area contributed by atoms with Crippen LogP contribution in [0, 0.1) is 11.7 Å². The van der Waals surface area contributed by atoms with E-state index in [0.717, 1.165) is 60.0 Å². The van der Waals surface area contributed by atoms with Crippen molar-refractivity contribution in [2.75, 3.05) is 13.1 Å². The van der Waals surface area contributed by atoms with Gasteiger partial charge < -0.3 is 9.64 Å². The van der Waals surface area contributed by atoms with Crippen LogP contribution >= 0.6 is 11.8 Å². The van der Waals surface area contributed by atoms with E-state index < -0.39 is 0 Å². The summed E-state index contributed by atoms with van der Waals surface area (Å²) < 4.78 is 21.7. The van der Waals surface area contributed by atoms with E-state index in [1.807, 2.05) is 71.6 Å². The van der Waals surface area contributed by atoms with Crippen molar-refractivity contribution in [2.24, 2.45) is 10.9 Å². The first kappa shape index (κ1) is 29.7. The van der Waals surface area contributed by atoms with E-state index in [0.29, 0.717) is 22.1 Å². The van der Waals surface area contributed by atoms with Gasteiger partial charge in [0, 0.05) is 36.0 Å². The normalized spacial score (nSPS) is 16.2. The van der Waals surface area contributed by atoms with Crippen LogP contribution in [0.15, 0.2) is 125 Å². The summed E-state index contributed by atoms with van der Waals surface area (Å²) in [7, 11) is 0. The molecule has 0 radical (unpaired) electrons. The summed E-state index contributed by atoms with van der Waals surface area (Å²) in [5.74, 6) is 0.754. The molecule has 0 atom stereocenters. The minimum Gasteiger partial charge on any atom is -0.489 e. The Morgan fingerprint density at radius 2 is 1.57 bits per heavy atom. The van der Waals surface area contributed by atoms with Crippen LogP contribution in [0.2, 0.25) is 0 Å². The lowest BCUT2D eigenvalue weighted by Crippen LogP contribution is -2.37. The third-order valence-corrected chi connectivity index (χ3v) is 9.44. The second-order valence-electron chi connectivity index (χ2n) is 11.5. The fraction of sp³-hybridized carbons (Fsp3) is 0.184. The molecule has 4 aromatic carbocycles. The number of nitrogens with zero attached hydrogens (tertiary/aromatic N) is 4. The summed E-state index contributed by atoms with van der Waals surface area (Å²) >= 11 is 1.44. The third kappa shape index (κ3) is 6.82. The van der Waals surface area contributed by atoms with E-state index in [1.54, 1.807) is 18.2 Å². The van der Waals surface area contributed by atoms with Crippen LogP contribution in [0.1, 0.15) is 29.5 Å². The van der Waals surface area contributed by atoms with Crippen molar-refractivity contribution in [3.8, 4) is 22.7 Å². The minimum absolute atomic E-state index is 0.137. The maximum absolute atomic E-state index is 14.0. The molecule has 6 nitrogen and oxygen atoms in total. The Hall–Kier alpha value is -4.95. The van der Waals surface area contributed by atoms with Gasteiger partial charge in [-0.25, -0.2) is 9.07 Å². The van der Waals surface area contributed by atoms with Crippen molar-refractivity contribution >= 4 is 28.9 Å². The van der Waals surface area contributed by atoms with Gasteiger partial charge in [-0.15, -0.1) is 0 Å². The summed E-state index contributed by atoms with van der Waals surface area (Å²) in [6, 6.07) is 34.7. The van der Waals surface area contributed by atoms with Crippen LogP contribution in [0.5, 0.6) is 5.75 Å². The minimum atomic E-state index is -0.290. The molecule has 1 fully saturated rings. The van der Waals surface area contributed by atoms with Crippen molar-refractivity contribution in [2.45, 2.75) is 25.9 Å². The Labute approximate surface area is 272 Å². The number of aromatic nitrogens is 2. The van der Waals surface area contributed by atoms with Crippen molar-refractivity contribution in [3.63, 3.8) is 0 Å². The van der Waals surface area contributed by atoms with Gasteiger partial charge >= 0.3 is 0 Å². The standard InChI is InChI=1S/C38H33FN4O2S/c39-34-14-8-7-11-30(34)26-45-33-17-15-29(16-18-33)36-31(25-43(41-36)32-12-5-2-6-13-32)24-35-37(44)40-38(46-35)42-21-19-28(20-22-42)23-27-9-3-1-4-10-27/h1-18,24-25,28H,19-23,26H2/b35-24-. The van der Waals surface area contributed by atoms with Crippen LogP contribution in [0.4, 0.5) is 4.39 Å². The van der Waals surface area contributed by atoms with Crippen LogP contribution in [0.3, 0.4) is 0 Å². The van der Waals surface area contributed by atoms with Crippen LogP contribution in [-0.2, 0) is 17.8 Å². The van der Waals surface area contributed by atoms with Gasteiger partial charge in [0.05, 0.1) is 16.3 Å². The Kier molecular flexibility index (Phi) is 8.78. The maximum atomic E-state index is 14.0. The number of amidine groups is 1. The first-order valence-corrected chi connectivity index (χ1v) is 16.3. The van der Waals surface area contributed by atoms with Gasteiger partial charge in [0.25, 0.3) is 5.91 Å². The highest BCUT2D eigenvalue weighted by Crippen LogP contribution is 2.35. The van der Waals surface area contributed by atoms with Gasteiger partial charge in [-0.05, 0) is 91.0 Å². The molecule has 0 N–H and O–H groups in total. The Balaban J connectivity index is 1.08. The highest BCUT2D eigenvalue weighted by Gasteiger charge is 2.29. The molecular formula is C38H33FN4O2S. The number of para-hydroxylation sites is 1. The third-order valence-electron chi connectivity index (χ3n) is 8.39. The quantitative estimate of drug-likeness (QED) is 0.162. The zero-order chi connectivity index (χ0) is 31.3. The predicted molar refractivity (Wildman–Crippen MR) is 182 cm³/mol. The number of carbonyl (C=O) groups is 1. The smallest absolute Gasteiger partial charge is 0.286 e. The van der Waals surface area contributed by atoms with Crippen LogP contribution < -0.4 is 4.74 Å². The first-order valence-electron chi connectivity index (χ1n) is 15.5. The monoisotopic (exact) mass is 628 g/mol. The summed E-state index contributed by atoms with van der Waals surface area (Å²) in [6.07, 6.45) is 7.09. The maximum Gasteiger partial charge on any atom is 0.286 e. The molecule has 5 aromatic rings. The molecule has 1 aromatic heterocycles. The largest absolute Gasteiger partial charge is 0.489 e. The van der Waals surface area contributed by atoms with E-state index in [4.69, 9.17) is 9.84 Å². The molecule has 0 spiro atoms. The SMILES string of the molecule is O=C1N=C(N2CCC(Cc3ccccc3)CC2)S/C1=C\c1cn(-c2ccccc2)nc1-c1ccc(OCc2ccccc2F)cc1. The Morgan fingerprint density at radius 3 is 2.30 bits per heavy atom. The zero-order valence-electron chi connectivity index (χ0n) is 25.3.